The average Bonchev–Trinajstić information content (AvgIpc) is 3.30. The Bertz CT molecular complexity index is 991. The van der Waals surface area contributed by atoms with Crippen molar-refractivity contribution in [2.75, 3.05) is 36.4 Å². The number of piperazine rings is 1. The lowest BCUT2D eigenvalue weighted by Crippen LogP contribution is -2.49. The first kappa shape index (κ1) is 18.7. The molecule has 3 aromatic rings. The van der Waals surface area contributed by atoms with Crippen molar-refractivity contribution in [1.29, 1.82) is 0 Å². The van der Waals surface area contributed by atoms with Crippen LogP contribution in [0.1, 0.15) is 26.5 Å². The summed E-state index contributed by atoms with van der Waals surface area (Å²) in [7, 11) is 0. The molecular weight excluding hydrogens is 368 g/mol. The molecule has 1 aliphatic heterocycles. The van der Waals surface area contributed by atoms with Gasteiger partial charge in [0.1, 0.15) is 5.82 Å². The molecule has 7 nitrogen and oxygen atoms in total. The molecule has 0 saturated carbocycles. The monoisotopic (exact) mass is 390 g/mol. The molecule has 1 saturated heterocycles. The van der Waals surface area contributed by atoms with Gasteiger partial charge in [-0.1, -0.05) is 17.7 Å². The van der Waals surface area contributed by atoms with Crippen LogP contribution in [0.15, 0.2) is 65.4 Å². The minimum Gasteiger partial charge on any atom is -0.459 e. The van der Waals surface area contributed by atoms with E-state index >= 15 is 0 Å². The lowest BCUT2D eigenvalue weighted by molar-refractivity contribution is 0.0714. The summed E-state index contributed by atoms with van der Waals surface area (Å²) in [5.41, 5.74) is 2.44. The van der Waals surface area contributed by atoms with Crippen molar-refractivity contribution in [1.82, 2.24) is 9.88 Å². The Morgan fingerprint density at radius 3 is 2.48 bits per heavy atom. The summed E-state index contributed by atoms with van der Waals surface area (Å²) < 4.78 is 5.20. The standard InChI is InChI=1S/C22H22N4O3/c1-16-4-6-18(7-5-16)24-21(27)17-8-9-23-20(15-17)25-10-12-26(13-11-25)22(28)19-3-2-14-29-19/h2-9,14-15H,10-13H2,1H3,(H,24,27). The fourth-order valence-corrected chi connectivity index (χ4v) is 3.27. The third-order valence-electron chi connectivity index (χ3n) is 4.94. The minimum atomic E-state index is -0.177. The van der Waals surface area contributed by atoms with Gasteiger partial charge in [0.25, 0.3) is 11.8 Å². The number of hydrogen-bond donors (Lipinski definition) is 1. The molecule has 7 heteroatoms. The first-order chi connectivity index (χ1) is 14.1. The van der Waals surface area contributed by atoms with Crippen LogP contribution in [0.25, 0.3) is 0 Å². The average molecular weight is 390 g/mol. The van der Waals surface area contributed by atoms with Gasteiger partial charge in [0.05, 0.1) is 6.26 Å². The fourth-order valence-electron chi connectivity index (χ4n) is 3.27. The highest BCUT2D eigenvalue weighted by Gasteiger charge is 2.24. The third kappa shape index (κ3) is 4.29. The number of aryl methyl sites for hydroxylation is 1. The third-order valence-corrected chi connectivity index (χ3v) is 4.94. The summed E-state index contributed by atoms with van der Waals surface area (Å²) in [6.45, 7) is 4.43. The summed E-state index contributed by atoms with van der Waals surface area (Å²) >= 11 is 0. The van der Waals surface area contributed by atoms with E-state index in [9.17, 15) is 9.59 Å². The van der Waals surface area contributed by atoms with Crippen LogP contribution in [0.5, 0.6) is 0 Å². The Kier molecular flexibility index (Phi) is 5.29. The van der Waals surface area contributed by atoms with Crippen LogP contribution >= 0.6 is 0 Å². The summed E-state index contributed by atoms with van der Waals surface area (Å²) in [5, 5.41) is 2.90. The van der Waals surface area contributed by atoms with Gasteiger partial charge in [-0.3, -0.25) is 9.59 Å². The fraction of sp³-hybridized carbons (Fsp3) is 0.227. The van der Waals surface area contributed by atoms with E-state index in [0.717, 1.165) is 17.1 Å². The van der Waals surface area contributed by atoms with Crippen molar-refractivity contribution in [2.45, 2.75) is 6.92 Å². The van der Waals surface area contributed by atoms with Crippen molar-refractivity contribution in [3.8, 4) is 0 Å². The molecule has 0 spiro atoms. The van der Waals surface area contributed by atoms with Gasteiger partial charge in [0.2, 0.25) is 0 Å². The second kappa shape index (κ2) is 8.18. The van der Waals surface area contributed by atoms with Crippen molar-refractivity contribution in [3.63, 3.8) is 0 Å². The molecule has 0 unspecified atom stereocenters. The van der Waals surface area contributed by atoms with Gasteiger partial charge in [-0.15, -0.1) is 0 Å². The van der Waals surface area contributed by atoms with E-state index < -0.39 is 0 Å². The zero-order valence-corrected chi connectivity index (χ0v) is 16.2. The predicted octanol–water partition coefficient (Wildman–Crippen LogP) is 3.20. The quantitative estimate of drug-likeness (QED) is 0.740. The number of amides is 2. The molecule has 0 bridgehead atoms. The molecule has 4 rings (SSSR count). The summed E-state index contributed by atoms with van der Waals surface area (Å²) in [4.78, 5) is 33.2. The number of rotatable bonds is 4. The van der Waals surface area contributed by atoms with Crippen molar-refractivity contribution in [3.05, 3.63) is 77.9 Å². The van der Waals surface area contributed by atoms with Crippen LogP contribution < -0.4 is 10.2 Å². The number of hydrogen-bond acceptors (Lipinski definition) is 5. The maximum Gasteiger partial charge on any atom is 0.289 e. The molecule has 1 fully saturated rings. The molecule has 1 aliphatic rings. The first-order valence-electron chi connectivity index (χ1n) is 9.52. The molecule has 2 amide bonds. The van der Waals surface area contributed by atoms with Crippen molar-refractivity contribution >= 4 is 23.3 Å². The highest BCUT2D eigenvalue weighted by molar-refractivity contribution is 6.04. The Labute approximate surface area is 169 Å². The van der Waals surface area contributed by atoms with Gasteiger partial charge in [0, 0.05) is 43.6 Å². The van der Waals surface area contributed by atoms with Gasteiger partial charge in [-0.25, -0.2) is 4.98 Å². The largest absolute Gasteiger partial charge is 0.459 e. The van der Waals surface area contributed by atoms with Gasteiger partial charge < -0.3 is 19.5 Å². The number of carbonyl (C=O) groups excluding carboxylic acids is 2. The summed E-state index contributed by atoms with van der Waals surface area (Å²) in [6.07, 6.45) is 3.14. The summed E-state index contributed by atoms with van der Waals surface area (Å²) in [5.74, 6) is 0.802. The number of pyridine rings is 1. The molecular formula is C22H22N4O3. The van der Waals surface area contributed by atoms with Crippen molar-refractivity contribution in [2.24, 2.45) is 0 Å². The predicted molar refractivity (Wildman–Crippen MR) is 110 cm³/mol. The molecule has 3 heterocycles. The molecule has 0 radical (unpaired) electrons. The smallest absolute Gasteiger partial charge is 0.289 e. The lowest BCUT2D eigenvalue weighted by Gasteiger charge is -2.35. The van der Waals surface area contributed by atoms with E-state index in [-0.39, 0.29) is 11.8 Å². The van der Waals surface area contributed by atoms with E-state index in [4.69, 9.17) is 4.42 Å². The molecule has 2 aromatic heterocycles. The lowest BCUT2D eigenvalue weighted by atomic mass is 10.2. The Morgan fingerprint density at radius 1 is 1.03 bits per heavy atom. The number of anilines is 2. The molecule has 1 aromatic carbocycles. The zero-order valence-electron chi connectivity index (χ0n) is 16.2. The highest BCUT2D eigenvalue weighted by Crippen LogP contribution is 2.18. The topological polar surface area (TPSA) is 78.7 Å². The molecule has 0 atom stereocenters. The van der Waals surface area contributed by atoms with Gasteiger partial charge >= 0.3 is 0 Å². The van der Waals surface area contributed by atoms with Crippen LogP contribution in [0.4, 0.5) is 11.5 Å². The number of nitrogens with one attached hydrogen (secondary N) is 1. The Morgan fingerprint density at radius 2 is 1.79 bits per heavy atom. The van der Waals surface area contributed by atoms with Gasteiger partial charge in [-0.05, 0) is 43.3 Å². The highest BCUT2D eigenvalue weighted by atomic mass is 16.3. The van der Waals surface area contributed by atoms with E-state index in [1.165, 1.54) is 6.26 Å². The number of benzene rings is 1. The number of carbonyl (C=O) groups is 2. The first-order valence-corrected chi connectivity index (χ1v) is 9.52. The minimum absolute atomic E-state index is 0.103. The molecule has 1 N–H and O–H groups in total. The Hall–Kier alpha value is -3.61. The second-order valence-corrected chi connectivity index (χ2v) is 6.98. The van der Waals surface area contributed by atoms with Gasteiger partial charge in [-0.2, -0.15) is 0 Å². The number of aromatic nitrogens is 1. The number of furan rings is 1. The molecule has 148 valence electrons. The van der Waals surface area contributed by atoms with Crippen LogP contribution in [-0.4, -0.2) is 47.9 Å². The maximum atomic E-state index is 12.6. The van der Waals surface area contributed by atoms with E-state index in [0.29, 0.717) is 37.5 Å². The van der Waals surface area contributed by atoms with E-state index in [1.807, 2.05) is 31.2 Å². The number of nitrogens with zero attached hydrogens (tertiary/aromatic N) is 3. The molecule has 29 heavy (non-hydrogen) atoms. The second-order valence-electron chi connectivity index (χ2n) is 6.98. The van der Waals surface area contributed by atoms with Crippen LogP contribution in [0.2, 0.25) is 0 Å². The van der Waals surface area contributed by atoms with Crippen molar-refractivity contribution < 1.29 is 14.0 Å². The van der Waals surface area contributed by atoms with E-state index in [2.05, 4.69) is 15.2 Å². The SMILES string of the molecule is Cc1ccc(NC(=O)c2ccnc(N3CCN(C(=O)c4ccco4)CC3)c2)cc1. The zero-order chi connectivity index (χ0) is 20.2. The van der Waals surface area contributed by atoms with Gasteiger partial charge in [0.15, 0.2) is 5.76 Å². The molecule has 0 aliphatic carbocycles. The van der Waals surface area contributed by atoms with E-state index in [1.54, 1.807) is 35.4 Å². The van der Waals surface area contributed by atoms with Crippen LogP contribution in [0.3, 0.4) is 0 Å². The normalized spacial score (nSPS) is 14.0. The Balaban J connectivity index is 1.39. The van der Waals surface area contributed by atoms with Crippen LogP contribution in [0, 0.1) is 6.92 Å². The maximum absolute atomic E-state index is 12.6. The summed E-state index contributed by atoms with van der Waals surface area (Å²) in [6, 6.07) is 14.5. The van der Waals surface area contributed by atoms with Crippen LogP contribution in [-0.2, 0) is 0 Å².